The topological polar surface area (TPSA) is 49.3 Å². The molecule has 1 aromatic rings. The van der Waals surface area contributed by atoms with Gasteiger partial charge in [-0.1, -0.05) is 6.92 Å². The highest BCUT2D eigenvalue weighted by Gasteiger charge is 2.33. The number of aryl methyl sites for hydroxylation is 2. The van der Waals surface area contributed by atoms with Gasteiger partial charge < -0.3 is 10.6 Å². The third-order valence-corrected chi connectivity index (χ3v) is 4.58. The van der Waals surface area contributed by atoms with Crippen molar-refractivity contribution in [1.29, 1.82) is 0 Å². The van der Waals surface area contributed by atoms with E-state index in [2.05, 4.69) is 48.3 Å². The molecule has 2 N–H and O–H groups in total. The first-order valence-corrected chi connectivity index (χ1v) is 7.89. The molecular weight excluding hydrogens is 383 g/mol. The largest absolute Gasteiger partial charge is 0.357 e. The van der Waals surface area contributed by atoms with Gasteiger partial charge in [-0.25, -0.2) is 4.98 Å². The summed E-state index contributed by atoms with van der Waals surface area (Å²) in [5, 5.41) is 7.95. The molecule has 1 saturated carbocycles. The predicted molar refractivity (Wildman–Crippen MR) is 97.4 cm³/mol. The third kappa shape index (κ3) is 5.20. The van der Waals surface area contributed by atoms with Crippen LogP contribution in [0.1, 0.15) is 35.8 Å². The molecule has 0 radical (unpaired) electrons. The zero-order chi connectivity index (χ0) is 13.8. The fourth-order valence-electron chi connectivity index (χ4n) is 1.93. The predicted octanol–water partition coefficient (Wildman–Crippen LogP) is 2.88. The molecule has 1 heterocycles. The number of halogens is 1. The van der Waals surface area contributed by atoms with E-state index in [0.717, 1.165) is 37.1 Å². The maximum Gasteiger partial charge on any atom is 0.191 e. The number of thiazole rings is 1. The number of nitrogens with one attached hydrogen (secondary N) is 2. The van der Waals surface area contributed by atoms with Gasteiger partial charge in [-0.2, -0.15) is 0 Å². The van der Waals surface area contributed by atoms with Gasteiger partial charge in [-0.05, 0) is 33.1 Å². The molecule has 0 saturated heterocycles. The molecule has 0 amide bonds. The Morgan fingerprint density at radius 3 is 2.65 bits per heavy atom. The third-order valence-electron chi connectivity index (χ3n) is 3.44. The molecule has 0 bridgehead atoms. The second-order valence-electron chi connectivity index (χ2n) is 5.22. The van der Waals surface area contributed by atoms with E-state index in [1.807, 2.05) is 0 Å². The van der Waals surface area contributed by atoms with Crippen LogP contribution >= 0.6 is 35.3 Å². The van der Waals surface area contributed by atoms with E-state index in [9.17, 15) is 0 Å². The molecule has 2 rings (SSSR count). The van der Waals surface area contributed by atoms with Crippen molar-refractivity contribution >= 4 is 41.3 Å². The van der Waals surface area contributed by atoms with E-state index < -0.39 is 0 Å². The Balaban J connectivity index is 0.00000200. The summed E-state index contributed by atoms with van der Waals surface area (Å²) in [6, 6.07) is 0.613. The van der Waals surface area contributed by atoms with E-state index in [0.29, 0.717) is 6.04 Å². The average Bonchev–Trinajstić information content (AvgIpc) is 2.94. The molecule has 20 heavy (non-hydrogen) atoms. The first-order chi connectivity index (χ1) is 9.10. The van der Waals surface area contributed by atoms with Crippen molar-refractivity contribution in [3.8, 4) is 0 Å². The van der Waals surface area contributed by atoms with E-state index in [1.54, 1.807) is 11.3 Å². The number of rotatable bonds is 5. The highest BCUT2D eigenvalue weighted by Crippen LogP contribution is 2.28. The molecular formula is C14H25IN4S. The Kier molecular flexibility index (Phi) is 7.22. The Bertz CT molecular complexity index is 439. The number of aliphatic imine (C=N–C) groups is 1. The van der Waals surface area contributed by atoms with Gasteiger partial charge >= 0.3 is 0 Å². The van der Waals surface area contributed by atoms with Crippen molar-refractivity contribution < 1.29 is 0 Å². The summed E-state index contributed by atoms with van der Waals surface area (Å²) in [6.07, 6.45) is 2.19. The van der Waals surface area contributed by atoms with Crippen molar-refractivity contribution in [2.24, 2.45) is 10.9 Å². The molecule has 0 spiro atoms. The smallest absolute Gasteiger partial charge is 0.191 e. The van der Waals surface area contributed by atoms with Gasteiger partial charge in [0.25, 0.3) is 0 Å². The van der Waals surface area contributed by atoms with Gasteiger partial charge in [0, 0.05) is 30.4 Å². The van der Waals surface area contributed by atoms with Crippen LogP contribution in [0.5, 0.6) is 0 Å². The summed E-state index contributed by atoms with van der Waals surface area (Å²) >= 11 is 1.78. The normalized spacial score (nSPS) is 21.3. The van der Waals surface area contributed by atoms with Crippen LogP contribution in [-0.4, -0.2) is 30.1 Å². The van der Waals surface area contributed by atoms with E-state index in [4.69, 9.17) is 0 Å². The maximum absolute atomic E-state index is 4.62. The molecule has 6 heteroatoms. The van der Waals surface area contributed by atoms with Gasteiger partial charge in [0.2, 0.25) is 0 Å². The molecule has 1 aliphatic carbocycles. The molecule has 1 fully saturated rings. The number of hydrogen-bond donors (Lipinski definition) is 2. The lowest BCUT2D eigenvalue weighted by atomic mass is 10.4. The molecule has 114 valence electrons. The quantitative estimate of drug-likeness (QED) is 0.448. The lowest BCUT2D eigenvalue weighted by Gasteiger charge is -2.10. The monoisotopic (exact) mass is 408 g/mol. The second-order valence-corrected chi connectivity index (χ2v) is 6.51. The van der Waals surface area contributed by atoms with Crippen LogP contribution in [0.4, 0.5) is 0 Å². The summed E-state index contributed by atoms with van der Waals surface area (Å²) in [5.74, 6) is 1.73. The first-order valence-electron chi connectivity index (χ1n) is 7.08. The second kappa shape index (κ2) is 8.17. The highest BCUT2D eigenvalue weighted by atomic mass is 127. The van der Waals surface area contributed by atoms with E-state index in [1.165, 1.54) is 16.3 Å². The fraction of sp³-hybridized carbons (Fsp3) is 0.714. The van der Waals surface area contributed by atoms with Gasteiger partial charge in [0.15, 0.2) is 5.96 Å². The fourth-order valence-corrected chi connectivity index (χ4v) is 2.85. The van der Waals surface area contributed by atoms with E-state index in [-0.39, 0.29) is 24.0 Å². The van der Waals surface area contributed by atoms with Crippen LogP contribution in [-0.2, 0) is 6.42 Å². The lowest BCUT2D eigenvalue weighted by molar-refractivity contribution is 0.764. The number of guanidine groups is 1. The summed E-state index contributed by atoms with van der Waals surface area (Å²) in [6.45, 7) is 10.3. The summed E-state index contributed by atoms with van der Waals surface area (Å²) < 4.78 is 0. The molecule has 1 aromatic heterocycles. The van der Waals surface area contributed by atoms with Crippen molar-refractivity contribution in [3.05, 3.63) is 15.6 Å². The Labute approximate surface area is 142 Å². The zero-order valence-corrected chi connectivity index (χ0v) is 15.8. The van der Waals surface area contributed by atoms with Gasteiger partial charge in [0.1, 0.15) is 0 Å². The zero-order valence-electron chi connectivity index (χ0n) is 12.7. The molecule has 2 atom stereocenters. The molecule has 0 aliphatic heterocycles. The van der Waals surface area contributed by atoms with Crippen molar-refractivity contribution in [1.82, 2.24) is 15.6 Å². The number of nitrogens with zero attached hydrogens (tertiary/aromatic N) is 2. The van der Waals surface area contributed by atoms with Crippen LogP contribution in [0, 0.1) is 19.8 Å². The molecule has 1 aliphatic rings. The van der Waals surface area contributed by atoms with Gasteiger partial charge in [0.05, 0.1) is 10.7 Å². The van der Waals surface area contributed by atoms with Gasteiger partial charge in [-0.3, -0.25) is 4.99 Å². The Morgan fingerprint density at radius 1 is 1.45 bits per heavy atom. The highest BCUT2D eigenvalue weighted by molar-refractivity contribution is 14.0. The average molecular weight is 408 g/mol. The van der Waals surface area contributed by atoms with Crippen molar-refractivity contribution in [3.63, 3.8) is 0 Å². The van der Waals surface area contributed by atoms with E-state index >= 15 is 0 Å². The Hall–Kier alpha value is -0.370. The standard InChI is InChI=1S/C14H24N4S.HI/c1-5-15-14(18-12-8-9(12)2)16-7-6-13-17-10(3)11(4)19-13;/h9,12H,5-8H2,1-4H3,(H2,15,16,18);1H. The minimum absolute atomic E-state index is 0. The summed E-state index contributed by atoms with van der Waals surface area (Å²) in [7, 11) is 0. The lowest BCUT2D eigenvalue weighted by Crippen LogP contribution is -2.39. The molecule has 2 unspecified atom stereocenters. The van der Waals surface area contributed by atoms with Crippen LogP contribution in [0.2, 0.25) is 0 Å². The SMILES string of the molecule is CCNC(=NCCc1nc(C)c(C)s1)NC1CC1C.I. The van der Waals surface area contributed by atoms with Crippen molar-refractivity contribution in [2.45, 2.75) is 46.6 Å². The maximum atomic E-state index is 4.62. The number of aromatic nitrogens is 1. The molecule has 4 nitrogen and oxygen atoms in total. The van der Waals surface area contributed by atoms with Crippen molar-refractivity contribution in [2.75, 3.05) is 13.1 Å². The van der Waals surface area contributed by atoms with Crippen LogP contribution < -0.4 is 10.6 Å². The number of hydrogen-bond acceptors (Lipinski definition) is 3. The molecule has 0 aromatic carbocycles. The minimum atomic E-state index is 0. The first kappa shape index (κ1) is 17.7. The van der Waals surface area contributed by atoms with Crippen LogP contribution in [0.25, 0.3) is 0 Å². The van der Waals surface area contributed by atoms with Crippen LogP contribution in [0.15, 0.2) is 4.99 Å². The minimum Gasteiger partial charge on any atom is -0.357 e. The van der Waals surface area contributed by atoms with Crippen LogP contribution in [0.3, 0.4) is 0 Å². The van der Waals surface area contributed by atoms with Gasteiger partial charge in [-0.15, -0.1) is 35.3 Å². The Morgan fingerprint density at radius 2 is 2.15 bits per heavy atom. The summed E-state index contributed by atoms with van der Waals surface area (Å²) in [5.41, 5.74) is 1.15. The summed E-state index contributed by atoms with van der Waals surface area (Å²) in [4.78, 5) is 10.5.